The smallest absolute Gasteiger partial charge is 0.309 e. The first-order valence-electron chi connectivity index (χ1n) is 6.20. The van der Waals surface area contributed by atoms with E-state index >= 15 is 0 Å². The van der Waals surface area contributed by atoms with Crippen molar-refractivity contribution in [2.75, 3.05) is 6.61 Å². The van der Waals surface area contributed by atoms with E-state index in [0.717, 1.165) is 16.7 Å². The standard InChI is InChI=1S/C15H17NO3/c1-15(2,14(17)18)7-9-19-12-5-6-13-11(10-12)4-3-8-16-13/h3-6,8,10H,7,9H2,1-2H3,(H,17,18). The monoisotopic (exact) mass is 259 g/mol. The third-order valence-electron chi connectivity index (χ3n) is 3.15. The minimum absolute atomic E-state index is 0.380. The number of nitrogens with zero attached hydrogens (tertiary/aromatic N) is 1. The normalized spacial score (nSPS) is 11.5. The molecular formula is C15H17NO3. The topological polar surface area (TPSA) is 59.4 Å². The summed E-state index contributed by atoms with van der Waals surface area (Å²) < 4.78 is 5.61. The van der Waals surface area contributed by atoms with Gasteiger partial charge in [0, 0.05) is 11.6 Å². The summed E-state index contributed by atoms with van der Waals surface area (Å²) in [6.07, 6.45) is 2.21. The Morgan fingerprint density at radius 2 is 2.16 bits per heavy atom. The largest absolute Gasteiger partial charge is 0.494 e. The third kappa shape index (κ3) is 3.22. The molecule has 100 valence electrons. The van der Waals surface area contributed by atoms with Crippen molar-refractivity contribution in [1.82, 2.24) is 4.98 Å². The number of carbonyl (C=O) groups is 1. The number of carboxylic acids is 1. The van der Waals surface area contributed by atoms with Gasteiger partial charge in [-0.3, -0.25) is 9.78 Å². The fourth-order valence-electron chi connectivity index (χ4n) is 1.67. The van der Waals surface area contributed by atoms with Crippen LogP contribution < -0.4 is 4.74 Å². The van der Waals surface area contributed by atoms with Crippen LogP contribution >= 0.6 is 0 Å². The molecule has 1 N–H and O–H groups in total. The summed E-state index contributed by atoms with van der Waals surface area (Å²) in [5, 5.41) is 10.0. The van der Waals surface area contributed by atoms with Crippen molar-refractivity contribution in [1.29, 1.82) is 0 Å². The van der Waals surface area contributed by atoms with E-state index in [1.54, 1.807) is 20.0 Å². The van der Waals surface area contributed by atoms with Crippen LogP contribution in [0.4, 0.5) is 0 Å². The molecule has 4 nitrogen and oxygen atoms in total. The number of hydrogen-bond donors (Lipinski definition) is 1. The predicted molar refractivity (Wildman–Crippen MR) is 73.3 cm³/mol. The van der Waals surface area contributed by atoms with Crippen molar-refractivity contribution >= 4 is 16.9 Å². The van der Waals surface area contributed by atoms with Crippen LogP contribution in [0.2, 0.25) is 0 Å². The average molecular weight is 259 g/mol. The molecule has 0 bridgehead atoms. The van der Waals surface area contributed by atoms with Gasteiger partial charge in [0.1, 0.15) is 5.75 Å². The summed E-state index contributed by atoms with van der Waals surface area (Å²) in [6, 6.07) is 9.50. The van der Waals surface area contributed by atoms with E-state index in [2.05, 4.69) is 4.98 Å². The van der Waals surface area contributed by atoms with Crippen LogP contribution in [0, 0.1) is 5.41 Å². The fraction of sp³-hybridized carbons (Fsp3) is 0.333. The molecule has 0 saturated heterocycles. The second-order valence-corrected chi connectivity index (χ2v) is 5.15. The molecule has 4 heteroatoms. The van der Waals surface area contributed by atoms with Crippen LogP contribution in [0.1, 0.15) is 20.3 Å². The first-order valence-corrected chi connectivity index (χ1v) is 6.20. The zero-order chi connectivity index (χ0) is 13.9. The Bertz CT molecular complexity index is 593. The van der Waals surface area contributed by atoms with E-state index < -0.39 is 11.4 Å². The summed E-state index contributed by atoms with van der Waals surface area (Å²) in [5.74, 6) is -0.0690. The average Bonchev–Trinajstić information content (AvgIpc) is 2.38. The quantitative estimate of drug-likeness (QED) is 0.896. The van der Waals surface area contributed by atoms with Crippen molar-refractivity contribution in [2.45, 2.75) is 20.3 Å². The van der Waals surface area contributed by atoms with Crippen molar-refractivity contribution in [3.63, 3.8) is 0 Å². The van der Waals surface area contributed by atoms with E-state index in [9.17, 15) is 4.79 Å². The summed E-state index contributed by atoms with van der Waals surface area (Å²) in [5.41, 5.74) is 0.152. The number of ether oxygens (including phenoxy) is 1. The van der Waals surface area contributed by atoms with Gasteiger partial charge in [-0.1, -0.05) is 6.07 Å². The predicted octanol–water partition coefficient (Wildman–Crippen LogP) is 3.11. The van der Waals surface area contributed by atoms with Crippen LogP contribution in [0.5, 0.6) is 5.75 Å². The van der Waals surface area contributed by atoms with Gasteiger partial charge in [-0.25, -0.2) is 0 Å². The lowest BCUT2D eigenvalue weighted by Crippen LogP contribution is -2.25. The second kappa shape index (κ2) is 5.26. The Balaban J connectivity index is 2.00. The molecule has 0 spiro atoms. The summed E-state index contributed by atoms with van der Waals surface area (Å²) >= 11 is 0. The van der Waals surface area contributed by atoms with Gasteiger partial charge in [0.15, 0.2) is 0 Å². The highest BCUT2D eigenvalue weighted by molar-refractivity contribution is 5.79. The number of carboxylic acid groups (broad SMARTS) is 1. The number of fused-ring (bicyclic) bond motifs is 1. The lowest BCUT2D eigenvalue weighted by atomic mass is 9.90. The molecule has 1 aromatic heterocycles. The molecule has 0 aliphatic carbocycles. The molecule has 0 aliphatic rings. The van der Waals surface area contributed by atoms with Crippen molar-refractivity contribution in [2.24, 2.45) is 5.41 Å². The molecule has 2 aromatic rings. The van der Waals surface area contributed by atoms with E-state index in [1.165, 1.54) is 0 Å². The van der Waals surface area contributed by atoms with Gasteiger partial charge in [0.2, 0.25) is 0 Å². The number of benzene rings is 1. The zero-order valence-corrected chi connectivity index (χ0v) is 11.1. The van der Waals surface area contributed by atoms with Gasteiger partial charge < -0.3 is 9.84 Å². The van der Waals surface area contributed by atoms with Crippen LogP contribution in [0.15, 0.2) is 36.5 Å². The minimum atomic E-state index is -0.807. The van der Waals surface area contributed by atoms with Crippen molar-refractivity contribution in [3.8, 4) is 5.75 Å². The first kappa shape index (κ1) is 13.3. The van der Waals surface area contributed by atoms with Gasteiger partial charge in [-0.2, -0.15) is 0 Å². The van der Waals surface area contributed by atoms with Gasteiger partial charge in [-0.05, 0) is 44.5 Å². The Morgan fingerprint density at radius 3 is 2.89 bits per heavy atom. The highest BCUT2D eigenvalue weighted by Crippen LogP contribution is 2.23. The molecule has 1 heterocycles. The highest BCUT2D eigenvalue weighted by Gasteiger charge is 2.26. The van der Waals surface area contributed by atoms with Crippen LogP contribution in [-0.4, -0.2) is 22.7 Å². The molecule has 0 fully saturated rings. The maximum Gasteiger partial charge on any atom is 0.309 e. The highest BCUT2D eigenvalue weighted by atomic mass is 16.5. The summed E-state index contributed by atoms with van der Waals surface area (Å²) in [4.78, 5) is 15.2. The molecule has 0 unspecified atom stereocenters. The van der Waals surface area contributed by atoms with Crippen LogP contribution in [0.3, 0.4) is 0 Å². The molecule has 0 atom stereocenters. The number of aliphatic carboxylic acids is 1. The number of rotatable bonds is 5. The lowest BCUT2D eigenvalue weighted by Gasteiger charge is -2.18. The Kier molecular flexibility index (Phi) is 3.69. The van der Waals surface area contributed by atoms with Crippen LogP contribution in [-0.2, 0) is 4.79 Å². The molecule has 0 amide bonds. The minimum Gasteiger partial charge on any atom is -0.494 e. The van der Waals surface area contributed by atoms with Crippen LogP contribution in [0.25, 0.3) is 10.9 Å². The molecule has 1 aromatic carbocycles. The third-order valence-corrected chi connectivity index (χ3v) is 3.15. The molecular weight excluding hydrogens is 242 g/mol. The molecule has 0 radical (unpaired) electrons. The molecule has 2 rings (SSSR count). The molecule has 19 heavy (non-hydrogen) atoms. The second-order valence-electron chi connectivity index (χ2n) is 5.15. The van der Waals surface area contributed by atoms with Gasteiger partial charge >= 0.3 is 5.97 Å². The summed E-state index contributed by atoms with van der Waals surface area (Å²) in [6.45, 7) is 3.77. The Morgan fingerprint density at radius 1 is 1.37 bits per heavy atom. The maximum atomic E-state index is 11.0. The van der Waals surface area contributed by atoms with E-state index in [4.69, 9.17) is 9.84 Å². The SMILES string of the molecule is CC(C)(CCOc1ccc2ncccc2c1)C(=O)O. The molecule has 0 aliphatic heterocycles. The summed E-state index contributed by atoms with van der Waals surface area (Å²) in [7, 11) is 0. The maximum absolute atomic E-state index is 11.0. The first-order chi connectivity index (χ1) is 8.99. The van der Waals surface area contributed by atoms with Gasteiger partial charge in [0.05, 0.1) is 17.5 Å². The fourth-order valence-corrected chi connectivity index (χ4v) is 1.67. The van der Waals surface area contributed by atoms with E-state index in [1.807, 2.05) is 30.3 Å². The van der Waals surface area contributed by atoms with E-state index in [0.29, 0.717) is 13.0 Å². The van der Waals surface area contributed by atoms with Crippen molar-refractivity contribution < 1.29 is 14.6 Å². The van der Waals surface area contributed by atoms with E-state index in [-0.39, 0.29) is 0 Å². The zero-order valence-electron chi connectivity index (χ0n) is 11.1. The van der Waals surface area contributed by atoms with Gasteiger partial charge in [0.25, 0.3) is 0 Å². The molecule has 0 saturated carbocycles. The number of hydrogen-bond acceptors (Lipinski definition) is 3. The Labute approximate surface area is 112 Å². The van der Waals surface area contributed by atoms with Gasteiger partial charge in [-0.15, -0.1) is 0 Å². The lowest BCUT2D eigenvalue weighted by molar-refractivity contribution is -0.147. The Hall–Kier alpha value is -2.10. The number of pyridine rings is 1. The number of aromatic nitrogens is 1. The van der Waals surface area contributed by atoms with Crippen molar-refractivity contribution in [3.05, 3.63) is 36.5 Å².